The van der Waals surface area contributed by atoms with Gasteiger partial charge in [-0.15, -0.1) is 0 Å². The minimum absolute atomic E-state index is 0.732. The first-order valence-corrected chi connectivity index (χ1v) is 10.3. The van der Waals surface area contributed by atoms with E-state index in [9.17, 15) is 0 Å². The van der Waals surface area contributed by atoms with Crippen LogP contribution in [0.5, 0.6) is 0 Å². The van der Waals surface area contributed by atoms with E-state index >= 15 is 0 Å². The lowest BCUT2D eigenvalue weighted by molar-refractivity contribution is 0.245. The lowest BCUT2D eigenvalue weighted by Gasteiger charge is -2.35. The van der Waals surface area contributed by atoms with Crippen LogP contribution >= 0.6 is 0 Å². The third-order valence-electron chi connectivity index (χ3n) is 5.63. The SMILES string of the molecule is CCCCN(C)CC1CCN(c2nc(-c3ccccn3)nc(C)c2C)CC1. The van der Waals surface area contributed by atoms with Crippen LogP contribution in [0.25, 0.3) is 11.5 Å². The van der Waals surface area contributed by atoms with E-state index < -0.39 is 0 Å². The second-order valence-electron chi connectivity index (χ2n) is 7.84. The van der Waals surface area contributed by atoms with E-state index in [2.05, 4.69) is 47.6 Å². The Labute approximate surface area is 163 Å². The number of piperidine rings is 1. The summed E-state index contributed by atoms with van der Waals surface area (Å²) < 4.78 is 0. The number of aryl methyl sites for hydroxylation is 1. The van der Waals surface area contributed by atoms with Crippen LogP contribution < -0.4 is 4.90 Å². The molecule has 0 aromatic carbocycles. The number of hydrogen-bond acceptors (Lipinski definition) is 5. The van der Waals surface area contributed by atoms with Gasteiger partial charge in [0.2, 0.25) is 0 Å². The van der Waals surface area contributed by atoms with Crippen molar-refractivity contribution in [1.82, 2.24) is 19.9 Å². The minimum atomic E-state index is 0.732. The van der Waals surface area contributed by atoms with E-state index in [1.807, 2.05) is 18.2 Å². The molecule has 5 nitrogen and oxygen atoms in total. The fourth-order valence-electron chi connectivity index (χ4n) is 3.82. The molecule has 3 heterocycles. The third kappa shape index (κ3) is 5.04. The average Bonchev–Trinajstić information content (AvgIpc) is 2.70. The summed E-state index contributed by atoms with van der Waals surface area (Å²) in [6, 6.07) is 5.89. The molecule has 1 aliphatic heterocycles. The molecule has 0 spiro atoms. The van der Waals surface area contributed by atoms with Crippen molar-refractivity contribution in [3.63, 3.8) is 0 Å². The van der Waals surface area contributed by atoms with Crippen molar-refractivity contribution >= 4 is 5.82 Å². The van der Waals surface area contributed by atoms with Gasteiger partial charge in [-0.25, -0.2) is 9.97 Å². The summed E-state index contributed by atoms with van der Waals surface area (Å²) in [6.07, 6.45) is 6.84. The molecule has 3 rings (SSSR count). The lowest BCUT2D eigenvalue weighted by atomic mass is 9.96. The summed E-state index contributed by atoms with van der Waals surface area (Å²) in [5, 5.41) is 0. The van der Waals surface area contributed by atoms with E-state index in [0.29, 0.717) is 0 Å². The Morgan fingerprint density at radius 2 is 1.93 bits per heavy atom. The standard InChI is InChI=1S/C22H33N5/c1-5-6-13-26(4)16-19-10-14-27(15-11-19)22-17(2)18(3)24-21(25-22)20-9-7-8-12-23-20/h7-9,12,19H,5-6,10-11,13-16H2,1-4H3. The zero-order valence-corrected chi connectivity index (χ0v) is 17.3. The number of hydrogen-bond donors (Lipinski definition) is 0. The Morgan fingerprint density at radius 1 is 1.15 bits per heavy atom. The summed E-state index contributed by atoms with van der Waals surface area (Å²) in [5.74, 6) is 2.61. The number of pyridine rings is 1. The van der Waals surface area contributed by atoms with Gasteiger partial charge in [-0.05, 0) is 64.8 Å². The minimum Gasteiger partial charge on any atom is -0.356 e. The highest BCUT2D eigenvalue weighted by Crippen LogP contribution is 2.28. The number of nitrogens with zero attached hydrogens (tertiary/aromatic N) is 5. The van der Waals surface area contributed by atoms with Crippen LogP contribution in [0.2, 0.25) is 0 Å². The van der Waals surface area contributed by atoms with Crippen molar-refractivity contribution < 1.29 is 0 Å². The highest BCUT2D eigenvalue weighted by atomic mass is 15.2. The molecular formula is C22H33N5. The maximum Gasteiger partial charge on any atom is 0.180 e. The van der Waals surface area contributed by atoms with Gasteiger partial charge in [-0.3, -0.25) is 4.98 Å². The fraction of sp³-hybridized carbons (Fsp3) is 0.591. The largest absolute Gasteiger partial charge is 0.356 e. The lowest BCUT2D eigenvalue weighted by Crippen LogP contribution is -2.39. The van der Waals surface area contributed by atoms with Crippen molar-refractivity contribution in [2.75, 3.05) is 38.1 Å². The number of unbranched alkanes of at least 4 members (excludes halogenated alkanes) is 1. The molecule has 0 amide bonds. The normalized spacial score (nSPS) is 15.5. The van der Waals surface area contributed by atoms with Gasteiger partial charge in [0.05, 0.1) is 0 Å². The molecule has 0 aliphatic carbocycles. The van der Waals surface area contributed by atoms with E-state index in [-0.39, 0.29) is 0 Å². The Kier molecular flexibility index (Phi) is 6.78. The van der Waals surface area contributed by atoms with Gasteiger partial charge in [0.25, 0.3) is 0 Å². The van der Waals surface area contributed by atoms with Gasteiger partial charge < -0.3 is 9.80 Å². The molecule has 1 saturated heterocycles. The summed E-state index contributed by atoms with van der Waals surface area (Å²) >= 11 is 0. The molecule has 2 aromatic rings. The van der Waals surface area contributed by atoms with Gasteiger partial charge in [0, 0.05) is 37.1 Å². The van der Waals surface area contributed by atoms with Gasteiger partial charge in [0.15, 0.2) is 5.82 Å². The second kappa shape index (κ2) is 9.27. The molecule has 0 bridgehead atoms. The molecule has 2 aromatic heterocycles. The van der Waals surface area contributed by atoms with Crippen LogP contribution in [0.1, 0.15) is 43.9 Å². The summed E-state index contributed by atoms with van der Waals surface area (Å²) in [7, 11) is 2.26. The predicted octanol–water partition coefficient (Wildman–Crippen LogP) is 4.10. The molecule has 0 unspecified atom stereocenters. The Bertz CT molecular complexity index is 723. The zero-order valence-electron chi connectivity index (χ0n) is 17.3. The molecule has 0 N–H and O–H groups in total. The molecule has 0 radical (unpaired) electrons. The quantitative estimate of drug-likeness (QED) is 0.737. The number of aromatic nitrogens is 3. The second-order valence-corrected chi connectivity index (χ2v) is 7.84. The van der Waals surface area contributed by atoms with E-state index in [1.165, 1.54) is 44.3 Å². The maximum absolute atomic E-state index is 4.90. The van der Waals surface area contributed by atoms with Crippen molar-refractivity contribution in [2.24, 2.45) is 5.92 Å². The van der Waals surface area contributed by atoms with Gasteiger partial charge in [0.1, 0.15) is 11.5 Å². The first-order valence-electron chi connectivity index (χ1n) is 10.3. The monoisotopic (exact) mass is 367 g/mol. The van der Waals surface area contributed by atoms with Crippen LogP contribution in [0.3, 0.4) is 0 Å². The molecule has 0 atom stereocenters. The predicted molar refractivity (Wildman–Crippen MR) is 112 cm³/mol. The van der Waals surface area contributed by atoms with Gasteiger partial charge in [-0.2, -0.15) is 0 Å². The van der Waals surface area contributed by atoms with Crippen LogP contribution in [0.15, 0.2) is 24.4 Å². The summed E-state index contributed by atoms with van der Waals surface area (Å²) in [6.45, 7) is 11.1. The first-order chi connectivity index (χ1) is 13.1. The van der Waals surface area contributed by atoms with Crippen molar-refractivity contribution in [1.29, 1.82) is 0 Å². The Morgan fingerprint density at radius 3 is 2.59 bits per heavy atom. The molecule has 1 fully saturated rings. The van der Waals surface area contributed by atoms with Crippen LogP contribution in [0.4, 0.5) is 5.82 Å². The molecule has 5 heteroatoms. The van der Waals surface area contributed by atoms with Crippen LogP contribution in [-0.4, -0.2) is 53.1 Å². The van der Waals surface area contributed by atoms with Crippen molar-refractivity contribution in [2.45, 2.75) is 46.5 Å². The molecule has 0 saturated carbocycles. The highest BCUT2D eigenvalue weighted by molar-refractivity contribution is 5.57. The highest BCUT2D eigenvalue weighted by Gasteiger charge is 2.23. The smallest absolute Gasteiger partial charge is 0.180 e. The summed E-state index contributed by atoms with van der Waals surface area (Å²) in [5.41, 5.74) is 3.07. The topological polar surface area (TPSA) is 45.2 Å². The Balaban J connectivity index is 1.68. The summed E-state index contributed by atoms with van der Waals surface area (Å²) in [4.78, 5) is 18.9. The van der Waals surface area contributed by atoms with Gasteiger partial charge >= 0.3 is 0 Å². The number of anilines is 1. The van der Waals surface area contributed by atoms with E-state index in [4.69, 9.17) is 4.98 Å². The maximum atomic E-state index is 4.90. The molecule has 1 aliphatic rings. The van der Waals surface area contributed by atoms with E-state index in [1.54, 1.807) is 6.20 Å². The molecular weight excluding hydrogens is 334 g/mol. The number of rotatable bonds is 7. The van der Waals surface area contributed by atoms with Crippen LogP contribution in [0, 0.1) is 19.8 Å². The third-order valence-corrected chi connectivity index (χ3v) is 5.63. The first kappa shape index (κ1) is 19.7. The van der Waals surface area contributed by atoms with Crippen molar-refractivity contribution in [3.8, 4) is 11.5 Å². The molecule has 146 valence electrons. The average molecular weight is 368 g/mol. The van der Waals surface area contributed by atoms with Crippen LogP contribution in [-0.2, 0) is 0 Å². The fourth-order valence-corrected chi connectivity index (χ4v) is 3.82. The Hall–Kier alpha value is -2.01. The van der Waals surface area contributed by atoms with Crippen molar-refractivity contribution in [3.05, 3.63) is 35.7 Å². The molecule has 27 heavy (non-hydrogen) atoms. The van der Waals surface area contributed by atoms with E-state index in [0.717, 1.165) is 42.0 Å². The van der Waals surface area contributed by atoms with Gasteiger partial charge in [-0.1, -0.05) is 19.4 Å². The zero-order chi connectivity index (χ0) is 19.2.